The molecule has 0 radical (unpaired) electrons. The number of benzene rings is 7. The van der Waals surface area contributed by atoms with Gasteiger partial charge in [0.1, 0.15) is 37.1 Å². The number of cyclic esters (lactones) is 2. The van der Waals surface area contributed by atoms with Crippen LogP contribution in [-0.2, 0) is 49.5 Å². The summed E-state index contributed by atoms with van der Waals surface area (Å²) in [5.41, 5.74) is 6.42. The summed E-state index contributed by atoms with van der Waals surface area (Å²) in [5.74, 6) is -2.11. The van der Waals surface area contributed by atoms with Gasteiger partial charge in [-0.05, 0) is 76.3 Å². The fourth-order valence-electron chi connectivity index (χ4n) is 9.95. The van der Waals surface area contributed by atoms with Crippen molar-refractivity contribution in [1.82, 2.24) is 20.4 Å². The molecule has 432 valence electrons. The number of ether oxygens (including phenoxy) is 3. The average Bonchev–Trinajstić information content (AvgIpc) is 4.07. The summed E-state index contributed by atoms with van der Waals surface area (Å²) in [6.07, 6.45) is -1.12. The van der Waals surface area contributed by atoms with Crippen LogP contribution in [-0.4, -0.2) is 137 Å². The van der Waals surface area contributed by atoms with Gasteiger partial charge in [0.25, 0.3) is 10.1 Å². The molecule has 3 saturated heterocycles. The maximum absolute atomic E-state index is 13.4. The minimum atomic E-state index is -3.65. The molecule has 0 aromatic heterocycles. The zero-order chi connectivity index (χ0) is 59.0. The highest BCUT2D eigenvalue weighted by atomic mass is 32.2. The lowest BCUT2D eigenvalue weighted by atomic mass is 9.90. The number of amidine groups is 2. The summed E-state index contributed by atoms with van der Waals surface area (Å²) in [6.45, 7) is 4.38. The fraction of sp³-hybridized carbons (Fsp3) is 0.234. The Morgan fingerprint density at radius 3 is 1.31 bits per heavy atom. The van der Waals surface area contributed by atoms with Gasteiger partial charge in [0.15, 0.2) is 0 Å². The van der Waals surface area contributed by atoms with Crippen LogP contribution in [0.5, 0.6) is 0 Å². The van der Waals surface area contributed by atoms with Gasteiger partial charge in [-0.2, -0.15) is 8.42 Å². The zero-order valence-corrected chi connectivity index (χ0v) is 46.9. The highest BCUT2D eigenvalue weighted by Crippen LogP contribution is 2.29. The van der Waals surface area contributed by atoms with Crippen molar-refractivity contribution < 1.29 is 50.8 Å². The second-order valence-electron chi connectivity index (χ2n) is 20.3. The lowest BCUT2D eigenvalue weighted by Gasteiger charge is -2.34. The molecule has 0 saturated carbocycles. The van der Waals surface area contributed by atoms with E-state index in [1.807, 2.05) is 152 Å². The molecule has 84 heavy (non-hydrogen) atoms. The predicted molar refractivity (Wildman–Crippen MR) is 317 cm³/mol. The second kappa shape index (κ2) is 28.1. The summed E-state index contributed by atoms with van der Waals surface area (Å²) >= 11 is 0. The molecular weight excluding hydrogens is 1090 g/mol. The Hall–Kier alpha value is -9.34. The van der Waals surface area contributed by atoms with Crippen LogP contribution in [0.2, 0.25) is 0 Å². The van der Waals surface area contributed by atoms with E-state index >= 15 is 0 Å². The molecule has 20 heteroatoms. The normalized spacial score (nSPS) is 16.3. The molecule has 7 aromatic rings. The van der Waals surface area contributed by atoms with Gasteiger partial charge in [-0.3, -0.25) is 49.0 Å². The van der Waals surface area contributed by atoms with Crippen molar-refractivity contribution in [2.75, 3.05) is 75.0 Å². The SMILES string of the molecule is CS(=O)(=O)OCC1CN(c2ccc(C(=N)NC(=O)C(c3ccccc3)c3ccccc3)cc2)C(=O)O1.N=C(NC(=O)C(c1ccccc1)c1ccccc1)c1ccc(N2CC(CN3CCN(CC(=O)OCc4ccccc4)CC3)OC2=O)cc1. The third-order valence-electron chi connectivity index (χ3n) is 14.2. The molecule has 3 aliphatic heterocycles. The Balaban J connectivity index is 0.000000210. The topological polar surface area (TPSA) is 241 Å². The number of nitrogens with one attached hydrogen (secondary N) is 4. The van der Waals surface area contributed by atoms with Crippen LogP contribution in [0.25, 0.3) is 0 Å². The number of carbonyl (C=O) groups excluding carboxylic acids is 5. The van der Waals surface area contributed by atoms with E-state index in [0.717, 1.165) is 60.3 Å². The summed E-state index contributed by atoms with van der Waals surface area (Å²) in [6, 6.07) is 60.8. The Bertz CT molecular complexity index is 3430. The van der Waals surface area contributed by atoms with E-state index in [4.69, 9.17) is 29.2 Å². The molecule has 7 aromatic carbocycles. The molecule has 2 atom stereocenters. The number of carbonyl (C=O) groups is 5. The quantitative estimate of drug-likeness (QED) is 0.0198. The molecule has 0 spiro atoms. The predicted octanol–water partition coefficient (Wildman–Crippen LogP) is 7.91. The molecule has 3 heterocycles. The van der Waals surface area contributed by atoms with Gasteiger partial charge in [-0.25, -0.2) is 9.59 Å². The Kier molecular flexibility index (Phi) is 19.8. The van der Waals surface area contributed by atoms with E-state index in [1.165, 1.54) is 4.90 Å². The number of piperazine rings is 1. The molecule has 0 aliphatic carbocycles. The third kappa shape index (κ3) is 16.2. The molecule has 4 N–H and O–H groups in total. The fourth-order valence-corrected chi connectivity index (χ4v) is 10.4. The van der Waals surface area contributed by atoms with Crippen LogP contribution in [0.3, 0.4) is 0 Å². The van der Waals surface area contributed by atoms with Gasteiger partial charge in [0.2, 0.25) is 11.8 Å². The molecule has 0 bridgehead atoms. The van der Waals surface area contributed by atoms with Crippen molar-refractivity contribution >= 4 is 63.1 Å². The maximum atomic E-state index is 13.4. The van der Waals surface area contributed by atoms with Gasteiger partial charge >= 0.3 is 18.2 Å². The van der Waals surface area contributed by atoms with Crippen molar-refractivity contribution in [3.8, 4) is 0 Å². The van der Waals surface area contributed by atoms with Gasteiger partial charge in [0, 0.05) is 55.2 Å². The summed E-state index contributed by atoms with van der Waals surface area (Å²) < 4.78 is 43.3. The Morgan fingerprint density at radius 2 is 0.905 bits per heavy atom. The average molecular weight is 1150 g/mol. The molecule has 2 unspecified atom stereocenters. The maximum Gasteiger partial charge on any atom is 0.414 e. The molecule has 10 rings (SSSR count). The molecule has 4 amide bonds. The first-order valence-electron chi connectivity index (χ1n) is 27.3. The largest absolute Gasteiger partial charge is 0.460 e. The molecule has 3 aliphatic rings. The number of esters is 1. The Morgan fingerprint density at radius 1 is 0.536 bits per heavy atom. The van der Waals surface area contributed by atoms with Crippen LogP contribution in [0.1, 0.15) is 50.8 Å². The molecular formula is C64H64N8O11S. The first-order chi connectivity index (χ1) is 40.6. The van der Waals surface area contributed by atoms with Crippen LogP contribution in [0.4, 0.5) is 21.0 Å². The van der Waals surface area contributed by atoms with Crippen LogP contribution < -0.4 is 20.4 Å². The number of nitrogens with zero attached hydrogens (tertiary/aromatic N) is 4. The highest BCUT2D eigenvalue weighted by molar-refractivity contribution is 7.86. The first kappa shape index (κ1) is 59.3. The number of rotatable bonds is 19. The zero-order valence-electron chi connectivity index (χ0n) is 46.1. The second-order valence-corrected chi connectivity index (χ2v) is 21.9. The number of hydrogen-bond donors (Lipinski definition) is 4. The van der Waals surface area contributed by atoms with E-state index in [-0.39, 0.29) is 61.9 Å². The van der Waals surface area contributed by atoms with E-state index in [0.29, 0.717) is 35.6 Å². The smallest absolute Gasteiger partial charge is 0.414 e. The van der Waals surface area contributed by atoms with E-state index in [9.17, 15) is 32.4 Å². The molecule has 3 fully saturated rings. The Labute approximate surface area is 487 Å². The number of hydrogen-bond acceptors (Lipinski definition) is 15. The monoisotopic (exact) mass is 1150 g/mol. The van der Waals surface area contributed by atoms with Gasteiger partial charge in [-0.15, -0.1) is 0 Å². The minimum Gasteiger partial charge on any atom is -0.460 e. The van der Waals surface area contributed by atoms with E-state index in [1.54, 1.807) is 53.4 Å². The van der Waals surface area contributed by atoms with Crippen LogP contribution >= 0.6 is 0 Å². The molecule has 19 nitrogen and oxygen atoms in total. The van der Waals surface area contributed by atoms with Crippen molar-refractivity contribution in [3.05, 3.63) is 239 Å². The first-order valence-corrected chi connectivity index (χ1v) is 29.1. The third-order valence-corrected chi connectivity index (χ3v) is 14.8. The highest BCUT2D eigenvalue weighted by Gasteiger charge is 2.36. The summed E-state index contributed by atoms with van der Waals surface area (Å²) in [5, 5.41) is 22.5. The van der Waals surface area contributed by atoms with Crippen molar-refractivity contribution in [2.24, 2.45) is 0 Å². The van der Waals surface area contributed by atoms with Crippen molar-refractivity contribution in [1.29, 1.82) is 10.8 Å². The summed E-state index contributed by atoms with van der Waals surface area (Å²) in [7, 11) is -3.65. The van der Waals surface area contributed by atoms with E-state index in [2.05, 4.69) is 20.4 Å². The van der Waals surface area contributed by atoms with Crippen LogP contribution in [0, 0.1) is 10.8 Å². The standard InChI is InChI=1S/C38H39N5O5.C26H25N3O6S/c39-36(40-37(45)35(29-12-6-2-7-13-29)30-14-8-3-9-15-30)31-16-18-32(19-17-31)43-25-33(48-38(43)46)24-41-20-22-42(23-21-41)26-34(44)47-27-28-10-4-1-5-11-28;1-36(32,33)34-17-22-16-29(26(31)35-22)21-14-12-20(13-15-21)24(27)28-25(30)23(18-8-4-2-5-9-18)19-10-6-3-7-11-19/h1-19,33,35H,20-27H2,(H2,39,40,45);2-15,22-23H,16-17H2,1H3,(H2,27,28,30). The van der Waals surface area contributed by atoms with Crippen molar-refractivity contribution in [3.63, 3.8) is 0 Å². The minimum absolute atomic E-state index is 0.0195. The van der Waals surface area contributed by atoms with E-state index < -0.39 is 40.2 Å². The summed E-state index contributed by atoms with van der Waals surface area (Å²) in [4.78, 5) is 71.3. The van der Waals surface area contributed by atoms with Crippen molar-refractivity contribution in [2.45, 2.75) is 30.7 Å². The lowest BCUT2D eigenvalue weighted by Crippen LogP contribution is -2.50. The number of anilines is 2. The van der Waals surface area contributed by atoms with Crippen LogP contribution in [0.15, 0.2) is 200 Å². The number of amides is 4. The van der Waals surface area contributed by atoms with Gasteiger partial charge in [-0.1, -0.05) is 152 Å². The van der Waals surface area contributed by atoms with Gasteiger partial charge < -0.3 is 24.8 Å². The van der Waals surface area contributed by atoms with Gasteiger partial charge in [0.05, 0.1) is 37.7 Å². The lowest BCUT2D eigenvalue weighted by molar-refractivity contribution is -0.146.